The highest BCUT2D eigenvalue weighted by atomic mass is 16.5. The predicted octanol–water partition coefficient (Wildman–Crippen LogP) is 4.17. The van der Waals surface area contributed by atoms with Crippen molar-refractivity contribution in [2.45, 2.75) is 39.4 Å². The number of piperazine rings is 1. The van der Waals surface area contributed by atoms with Crippen LogP contribution >= 0.6 is 0 Å². The van der Waals surface area contributed by atoms with Gasteiger partial charge >= 0.3 is 0 Å². The van der Waals surface area contributed by atoms with Gasteiger partial charge in [-0.2, -0.15) is 5.10 Å². The number of methoxy groups -OCH3 is 1. The number of pyridine rings is 3. The molecule has 1 aliphatic heterocycles. The van der Waals surface area contributed by atoms with Crippen LogP contribution in [0.3, 0.4) is 0 Å². The molecule has 10 nitrogen and oxygen atoms in total. The van der Waals surface area contributed by atoms with Gasteiger partial charge < -0.3 is 14.4 Å². The third-order valence-corrected chi connectivity index (χ3v) is 7.27. The van der Waals surface area contributed by atoms with Crippen LogP contribution in [-0.2, 0) is 6.54 Å². The van der Waals surface area contributed by atoms with E-state index in [1.54, 1.807) is 7.11 Å². The topological polar surface area (TPSA) is 96.7 Å². The molecule has 2 atom stereocenters. The zero-order valence-electron chi connectivity index (χ0n) is 22.1. The standard InChI is InChI=1S/C28H32N8O2/c1-5-38-22-10-23(27-24-13-31-32-28(24)33-36(27)17-22)21-7-8-25(29-12-21)34-14-18(2)35(19(3)15-34)16-20-6-9-26(37-4)30-11-20/h6-13,17-19H,5,14-16H2,1-4H3,(H,32,33)/t18-,19+. The fourth-order valence-electron chi connectivity index (χ4n) is 5.43. The molecule has 0 amide bonds. The SMILES string of the molecule is CCOc1cc(-c2ccc(N3C[C@@H](C)N(Cc4ccc(OC)nc4)[C@@H](C)C3)nc2)c2c3cn[nH]c3nn2c1. The van der Waals surface area contributed by atoms with Crippen molar-refractivity contribution in [3.05, 3.63) is 60.7 Å². The summed E-state index contributed by atoms with van der Waals surface area (Å²) >= 11 is 0. The van der Waals surface area contributed by atoms with Crippen molar-refractivity contribution in [3.63, 3.8) is 0 Å². The van der Waals surface area contributed by atoms with E-state index in [1.165, 1.54) is 5.56 Å². The third-order valence-electron chi connectivity index (χ3n) is 7.27. The Balaban J connectivity index is 1.23. The summed E-state index contributed by atoms with van der Waals surface area (Å²) in [6.45, 7) is 9.79. The van der Waals surface area contributed by atoms with Gasteiger partial charge in [-0.1, -0.05) is 6.07 Å². The second-order valence-corrected chi connectivity index (χ2v) is 9.84. The number of nitrogens with one attached hydrogen (secondary N) is 1. The van der Waals surface area contributed by atoms with Crippen LogP contribution in [0.4, 0.5) is 5.82 Å². The lowest BCUT2D eigenvalue weighted by molar-refractivity contribution is 0.122. The summed E-state index contributed by atoms with van der Waals surface area (Å²) in [6.07, 6.45) is 7.57. The van der Waals surface area contributed by atoms with Gasteiger partial charge in [-0.05, 0) is 44.5 Å². The molecule has 0 unspecified atom stereocenters. The van der Waals surface area contributed by atoms with Crippen molar-refractivity contribution in [3.8, 4) is 22.8 Å². The van der Waals surface area contributed by atoms with Gasteiger partial charge in [-0.15, -0.1) is 5.10 Å². The predicted molar refractivity (Wildman–Crippen MR) is 147 cm³/mol. The number of nitrogens with zero attached hydrogens (tertiary/aromatic N) is 7. The van der Waals surface area contributed by atoms with E-state index in [9.17, 15) is 0 Å². The second-order valence-electron chi connectivity index (χ2n) is 9.84. The molecule has 5 aromatic heterocycles. The Morgan fingerprint density at radius 3 is 2.55 bits per heavy atom. The number of rotatable bonds is 7. The summed E-state index contributed by atoms with van der Waals surface area (Å²) in [5, 5.41) is 12.7. The van der Waals surface area contributed by atoms with Crippen molar-refractivity contribution in [1.82, 2.24) is 34.7 Å². The van der Waals surface area contributed by atoms with Crippen molar-refractivity contribution in [1.29, 1.82) is 0 Å². The number of aromatic nitrogens is 6. The second kappa shape index (κ2) is 9.94. The molecule has 196 valence electrons. The molecule has 10 heteroatoms. The zero-order chi connectivity index (χ0) is 26.2. The summed E-state index contributed by atoms with van der Waals surface area (Å²) in [5.74, 6) is 2.39. The van der Waals surface area contributed by atoms with E-state index >= 15 is 0 Å². The zero-order valence-corrected chi connectivity index (χ0v) is 22.1. The first kappa shape index (κ1) is 24.2. The molecule has 6 rings (SSSR count). The quantitative estimate of drug-likeness (QED) is 0.347. The van der Waals surface area contributed by atoms with Crippen LogP contribution in [0, 0.1) is 0 Å². The minimum atomic E-state index is 0.367. The molecule has 1 aliphatic rings. The molecule has 38 heavy (non-hydrogen) atoms. The Hall–Kier alpha value is -4.18. The molecule has 0 aliphatic carbocycles. The van der Waals surface area contributed by atoms with Crippen molar-refractivity contribution < 1.29 is 9.47 Å². The van der Waals surface area contributed by atoms with E-state index in [0.29, 0.717) is 24.6 Å². The maximum absolute atomic E-state index is 5.83. The van der Waals surface area contributed by atoms with Gasteiger partial charge in [0.2, 0.25) is 5.88 Å². The molecule has 0 spiro atoms. The largest absolute Gasteiger partial charge is 0.492 e. The van der Waals surface area contributed by atoms with Crippen LogP contribution in [0.1, 0.15) is 26.3 Å². The molecule has 0 radical (unpaired) electrons. The molecule has 0 bridgehead atoms. The summed E-state index contributed by atoms with van der Waals surface area (Å²) in [6, 6.07) is 11.1. The molecule has 0 saturated carbocycles. The van der Waals surface area contributed by atoms with Gasteiger partial charge in [-0.25, -0.2) is 14.5 Å². The monoisotopic (exact) mass is 512 g/mol. The maximum Gasteiger partial charge on any atom is 0.212 e. The number of anilines is 1. The number of hydrogen-bond donors (Lipinski definition) is 1. The molecule has 6 heterocycles. The Morgan fingerprint density at radius 1 is 1.03 bits per heavy atom. The van der Waals surface area contributed by atoms with Gasteiger partial charge in [0.25, 0.3) is 0 Å². The van der Waals surface area contributed by atoms with Gasteiger partial charge in [0.1, 0.15) is 11.6 Å². The first-order valence-electron chi connectivity index (χ1n) is 13.0. The van der Waals surface area contributed by atoms with Crippen LogP contribution in [0.5, 0.6) is 11.6 Å². The highest BCUT2D eigenvalue weighted by Gasteiger charge is 2.30. The van der Waals surface area contributed by atoms with Crippen LogP contribution in [0.25, 0.3) is 27.7 Å². The minimum Gasteiger partial charge on any atom is -0.492 e. The lowest BCUT2D eigenvalue weighted by Crippen LogP contribution is -2.56. The van der Waals surface area contributed by atoms with E-state index in [4.69, 9.17) is 14.5 Å². The Kier molecular flexibility index (Phi) is 6.32. The Bertz CT molecular complexity index is 1530. The fourth-order valence-corrected chi connectivity index (χ4v) is 5.43. The van der Waals surface area contributed by atoms with Crippen LogP contribution in [-0.4, -0.2) is 73.6 Å². The Labute approximate surface area is 221 Å². The van der Waals surface area contributed by atoms with E-state index < -0.39 is 0 Å². The normalized spacial score (nSPS) is 18.4. The highest BCUT2D eigenvalue weighted by molar-refractivity contribution is 6.00. The molecule has 1 N–H and O–H groups in total. The first-order chi connectivity index (χ1) is 18.5. The lowest BCUT2D eigenvalue weighted by atomic mass is 10.0. The van der Waals surface area contributed by atoms with Crippen LogP contribution in [0.2, 0.25) is 0 Å². The summed E-state index contributed by atoms with van der Waals surface area (Å²) in [7, 11) is 1.64. The third kappa shape index (κ3) is 4.41. The molecule has 1 fully saturated rings. The Morgan fingerprint density at radius 2 is 1.87 bits per heavy atom. The van der Waals surface area contributed by atoms with Crippen molar-refractivity contribution >= 4 is 22.4 Å². The van der Waals surface area contributed by atoms with Gasteiger partial charge in [-0.3, -0.25) is 10.00 Å². The molecule has 1 saturated heterocycles. The smallest absolute Gasteiger partial charge is 0.212 e. The summed E-state index contributed by atoms with van der Waals surface area (Å²) in [5.41, 5.74) is 4.94. The molecular formula is C28H32N8O2. The fraction of sp³-hybridized carbons (Fsp3) is 0.357. The number of hydrogen-bond acceptors (Lipinski definition) is 8. The van der Waals surface area contributed by atoms with Gasteiger partial charge in [0.15, 0.2) is 5.65 Å². The van der Waals surface area contributed by atoms with E-state index in [2.05, 4.69) is 68.2 Å². The van der Waals surface area contributed by atoms with Crippen molar-refractivity contribution in [2.24, 2.45) is 0 Å². The van der Waals surface area contributed by atoms with Crippen molar-refractivity contribution in [2.75, 3.05) is 31.7 Å². The summed E-state index contributed by atoms with van der Waals surface area (Å²) in [4.78, 5) is 14.2. The molecule has 0 aromatic carbocycles. The first-order valence-corrected chi connectivity index (χ1v) is 13.0. The number of aromatic amines is 1. The average Bonchev–Trinajstić information content (AvgIpc) is 3.52. The highest BCUT2D eigenvalue weighted by Crippen LogP contribution is 2.33. The van der Waals surface area contributed by atoms with E-state index in [1.807, 2.05) is 42.3 Å². The molecule has 5 aromatic rings. The molecular weight excluding hydrogens is 480 g/mol. The number of ether oxygens (including phenoxy) is 2. The maximum atomic E-state index is 5.83. The van der Waals surface area contributed by atoms with E-state index in [-0.39, 0.29) is 0 Å². The number of H-pyrrole nitrogens is 1. The van der Waals surface area contributed by atoms with E-state index in [0.717, 1.165) is 58.9 Å². The van der Waals surface area contributed by atoms with Gasteiger partial charge in [0, 0.05) is 61.3 Å². The number of fused-ring (bicyclic) bond motifs is 3. The van der Waals surface area contributed by atoms with Crippen LogP contribution < -0.4 is 14.4 Å². The van der Waals surface area contributed by atoms with Gasteiger partial charge in [0.05, 0.1) is 37.0 Å². The summed E-state index contributed by atoms with van der Waals surface area (Å²) < 4.78 is 12.9. The minimum absolute atomic E-state index is 0.367. The van der Waals surface area contributed by atoms with Crippen LogP contribution in [0.15, 0.2) is 55.1 Å². The lowest BCUT2D eigenvalue weighted by Gasteiger charge is -2.45. The average molecular weight is 513 g/mol.